The normalized spacial score (nSPS) is 10.9. The minimum absolute atomic E-state index is 0.0926. The summed E-state index contributed by atoms with van der Waals surface area (Å²) in [5.41, 5.74) is 0. The third-order valence-electron chi connectivity index (χ3n) is 3.49. The standard InChI is InChI=1S/C12H26O4S.C6H6O/c1-2-3-4-5-6-7-8-9-10-11-12-16-17(13,14)15;7-6-4-2-1-3-5-6/h2-12H2,1H3,(H,13,14,15);1-5,7H. The van der Waals surface area contributed by atoms with Crippen LogP contribution < -0.4 is 0 Å². The Bertz CT molecular complexity index is 473. The lowest BCUT2D eigenvalue weighted by atomic mass is 10.1. The molecule has 0 aromatic heterocycles. The average molecular weight is 361 g/mol. The maximum atomic E-state index is 10.2. The quantitative estimate of drug-likeness (QED) is 0.399. The number of phenolic OH excluding ortho intramolecular Hbond substituents is 1. The van der Waals surface area contributed by atoms with Gasteiger partial charge in [0.05, 0.1) is 6.61 Å². The van der Waals surface area contributed by atoms with Crippen LogP contribution in [0.15, 0.2) is 30.3 Å². The van der Waals surface area contributed by atoms with Crippen LogP contribution in [-0.4, -0.2) is 24.7 Å². The van der Waals surface area contributed by atoms with Gasteiger partial charge in [0.1, 0.15) is 5.75 Å². The molecule has 6 heteroatoms. The van der Waals surface area contributed by atoms with Gasteiger partial charge in [-0.2, -0.15) is 8.42 Å². The molecule has 0 aliphatic heterocycles. The Morgan fingerprint density at radius 2 is 1.29 bits per heavy atom. The number of para-hydroxylation sites is 1. The molecule has 0 spiro atoms. The van der Waals surface area contributed by atoms with E-state index in [0.29, 0.717) is 12.2 Å². The van der Waals surface area contributed by atoms with E-state index in [0.717, 1.165) is 12.8 Å². The van der Waals surface area contributed by atoms with Crippen molar-refractivity contribution in [1.82, 2.24) is 0 Å². The van der Waals surface area contributed by atoms with E-state index in [2.05, 4.69) is 11.1 Å². The van der Waals surface area contributed by atoms with Gasteiger partial charge in [-0.3, -0.25) is 4.55 Å². The van der Waals surface area contributed by atoms with Crippen LogP contribution in [0.5, 0.6) is 5.75 Å². The van der Waals surface area contributed by atoms with Gasteiger partial charge in [-0.25, -0.2) is 4.18 Å². The Labute approximate surface area is 147 Å². The molecular formula is C18H32O5S. The van der Waals surface area contributed by atoms with Gasteiger partial charge in [-0.05, 0) is 18.6 Å². The molecule has 0 amide bonds. The number of hydrogen-bond donors (Lipinski definition) is 2. The molecule has 2 N–H and O–H groups in total. The first-order valence-corrected chi connectivity index (χ1v) is 10.2. The molecule has 1 rings (SSSR count). The SMILES string of the molecule is CCCCCCCCCCCCOS(=O)(=O)O.Oc1ccccc1. The average Bonchev–Trinajstić information content (AvgIpc) is 2.53. The van der Waals surface area contributed by atoms with Gasteiger partial charge in [0.2, 0.25) is 0 Å². The van der Waals surface area contributed by atoms with Crippen LogP contribution in [0, 0.1) is 0 Å². The van der Waals surface area contributed by atoms with Crippen molar-refractivity contribution >= 4 is 10.4 Å². The molecule has 0 atom stereocenters. The van der Waals surface area contributed by atoms with Crippen LogP contribution in [0.2, 0.25) is 0 Å². The van der Waals surface area contributed by atoms with Gasteiger partial charge in [0.25, 0.3) is 0 Å². The zero-order valence-corrected chi connectivity index (χ0v) is 15.5. The molecular weight excluding hydrogens is 328 g/mol. The number of rotatable bonds is 12. The van der Waals surface area contributed by atoms with E-state index in [-0.39, 0.29) is 6.61 Å². The summed E-state index contributed by atoms with van der Waals surface area (Å²) < 4.78 is 33.0. The first-order chi connectivity index (χ1) is 11.5. The van der Waals surface area contributed by atoms with Crippen molar-refractivity contribution in [3.8, 4) is 5.75 Å². The fourth-order valence-electron chi connectivity index (χ4n) is 2.18. The highest BCUT2D eigenvalue weighted by Gasteiger charge is 2.02. The van der Waals surface area contributed by atoms with Gasteiger partial charge < -0.3 is 5.11 Å². The van der Waals surface area contributed by atoms with Crippen LogP contribution >= 0.6 is 0 Å². The van der Waals surface area contributed by atoms with Crippen LogP contribution in [0.25, 0.3) is 0 Å². The van der Waals surface area contributed by atoms with Crippen LogP contribution in [0.4, 0.5) is 0 Å². The fraction of sp³-hybridized carbons (Fsp3) is 0.667. The van der Waals surface area contributed by atoms with Gasteiger partial charge in [0, 0.05) is 0 Å². The number of aromatic hydroxyl groups is 1. The van der Waals surface area contributed by atoms with Crippen LogP contribution in [0.3, 0.4) is 0 Å². The van der Waals surface area contributed by atoms with Crippen LogP contribution in [0.1, 0.15) is 71.1 Å². The topological polar surface area (TPSA) is 83.8 Å². The molecule has 0 fully saturated rings. The van der Waals surface area contributed by atoms with Gasteiger partial charge in [-0.15, -0.1) is 0 Å². The highest BCUT2D eigenvalue weighted by Crippen LogP contribution is 2.10. The van der Waals surface area contributed by atoms with E-state index in [1.54, 1.807) is 24.3 Å². The summed E-state index contributed by atoms with van der Waals surface area (Å²) in [6.45, 7) is 2.31. The lowest BCUT2D eigenvalue weighted by Gasteiger charge is -2.02. The zero-order chi connectivity index (χ0) is 18.1. The molecule has 0 heterocycles. The lowest BCUT2D eigenvalue weighted by Crippen LogP contribution is -2.04. The monoisotopic (exact) mass is 360 g/mol. The fourth-order valence-corrected chi connectivity index (χ4v) is 2.51. The summed E-state index contributed by atoms with van der Waals surface area (Å²) in [4.78, 5) is 0. The van der Waals surface area contributed by atoms with Crippen molar-refractivity contribution in [3.05, 3.63) is 30.3 Å². The molecule has 1 aromatic rings. The summed E-state index contributed by atoms with van der Waals surface area (Å²) in [5.74, 6) is 0.322. The summed E-state index contributed by atoms with van der Waals surface area (Å²) in [6.07, 6.45) is 11.9. The molecule has 24 heavy (non-hydrogen) atoms. The summed E-state index contributed by atoms with van der Waals surface area (Å²) in [5, 5.41) is 8.63. The van der Waals surface area contributed by atoms with Crippen molar-refractivity contribution < 1.29 is 22.3 Å². The Kier molecular flexibility index (Phi) is 14.7. The van der Waals surface area contributed by atoms with E-state index in [4.69, 9.17) is 9.66 Å². The van der Waals surface area contributed by atoms with Crippen LogP contribution in [-0.2, 0) is 14.6 Å². The van der Waals surface area contributed by atoms with Gasteiger partial charge >= 0.3 is 10.4 Å². The number of benzene rings is 1. The van der Waals surface area contributed by atoms with Crippen molar-refractivity contribution in [3.63, 3.8) is 0 Å². The highest BCUT2D eigenvalue weighted by atomic mass is 32.3. The largest absolute Gasteiger partial charge is 0.508 e. The Balaban J connectivity index is 0.000000620. The molecule has 0 aliphatic rings. The molecule has 0 unspecified atom stereocenters. The Hall–Kier alpha value is -1.11. The summed E-state index contributed by atoms with van der Waals surface area (Å²) in [6, 6.07) is 8.71. The summed E-state index contributed by atoms with van der Waals surface area (Å²) in [7, 11) is -4.23. The summed E-state index contributed by atoms with van der Waals surface area (Å²) >= 11 is 0. The molecule has 0 saturated heterocycles. The highest BCUT2D eigenvalue weighted by molar-refractivity contribution is 7.80. The Morgan fingerprint density at radius 3 is 1.67 bits per heavy atom. The van der Waals surface area contributed by atoms with E-state index < -0.39 is 10.4 Å². The maximum Gasteiger partial charge on any atom is 0.397 e. The molecule has 0 aliphatic carbocycles. The first-order valence-electron chi connectivity index (χ1n) is 8.81. The van der Waals surface area contributed by atoms with E-state index >= 15 is 0 Å². The van der Waals surface area contributed by atoms with E-state index in [1.807, 2.05) is 6.07 Å². The Morgan fingerprint density at radius 1 is 0.833 bits per heavy atom. The minimum Gasteiger partial charge on any atom is -0.508 e. The van der Waals surface area contributed by atoms with Crippen molar-refractivity contribution in [2.45, 2.75) is 71.1 Å². The third kappa shape index (κ3) is 18.9. The van der Waals surface area contributed by atoms with Crippen molar-refractivity contribution in [1.29, 1.82) is 0 Å². The minimum atomic E-state index is -4.23. The second-order valence-corrected chi connectivity index (χ2v) is 6.86. The molecule has 1 aromatic carbocycles. The molecule has 5 nitrogen and oxygen atoms in total. The number of unbranched alkanes of at least 4 members (excludes halogenated alkanes) is 9. The zero-order valence-electron chi connectivity index (χ0n) is 14.7. The van der Waals surface area contributed by atoms with Crippen molar-refractivity contribution in [2.24, 2.45) is 0 Å². The maximum absolute atomic E-state index is 10.2. The molecule has 0 saturated carbocycles. The molecule has 140 valence electrons. The predicted molar refractivity (Wildman–Crippen MR) is 97.5 cm³/mol. The predicted octanol–water partition coefficient (Wildman–Crippen LogP) is 5.12. The van der Waals surface area contributed by atoms with Gasteiger partial charge in [0.15, 0.2) is 0 Å². The smallest absolute Gasteiger partial charge is 0.397 e. The lowest BCUT2D eigenvalue weighted by molar-refractivity contribution is 0.261. The third-order valence-corrected chi connectivity index (χ3v) is 3.95. The first kappa shape index (κ1) is 22.9. The molecule has 0 bridgehead atoms. The number of phenols is 1. The number of hydrogen-bond acceptors (Lipinski definition) is 4. The van der Waals surface area contributed by atoms with Crippen molar-refractivity contribution in [2.75, 3.05) is 6.61 Å². The van der Waals surface area contributed by atoms with E-state index in [1.165, 1.54) is 44.9 Å². The van der Waals surface area contributed by atoms with Gasteiger partial charge in [-0.1, -0.05) is 82.9 Å². The second kappa shape index (κ2) is 15.4. The van der Waals surface area contributed by atoms with E-state index in [9.17, 15) is 8.42 Å². The second-order valence-electron chi connectivity index (χ2n) is 5.77. The molecule has 0 radical (unpaired) electrons.